The second kappa shape index (κ2) is 5.35. The van der Waals surface area contributed by atoms with Gasteiger partial charge in [-0.25, -0.2) is 0 Å². The van der Waals surface area contributed by atoms with E-state index < -0.39 is 0 Å². The summed E-state index contributed by atoms with van der Waals surface area (Å²) in [5.41, 5.74) is 1.68. The maximum Gasteiger partial charge on any atom is 0.292 e. The topological polar surface area (TPSA) is 75.4 Å². The van der Waals surface area contributed by atoms with Gasteiger partial charge in [-0.3, -0.25) is 10.1 Å². The summed E-state index contributed by atoms with van der Waals surface area (Å²) in [6, 6.07) is 5.06. The molecule has 2 atom stereocenters. The summed E-state index contributed by atoms with van der Waals surface area (Å²) >= 11 is 0. The average molecular weight is 250 g/mol. The molecule has 1 aromatic carbocycles. The number of nitrogens with one attached hydrogen (secondary N) is 1. The van der Waals surface area contributed by atoms with Gasteiger partial charge in [-0.05, 0) is 43.7 Å². The van der Waals surface area contributed by atoms with Crippen molar-refractivity contribution in [1.82, 2.24) is 0 Å². The predicted molar refractivity (Wildman–Crippen MR) is 69.7 cm³/mol. The van der Waals surface area contributed by atoms with Crippen LogP contribution in [0.5, 0.6) is 0 Å². The Kier molecular flexibility index (Phi) is 3.81. The standard InChI is InChI=1S/C13H18N2O3/c1-9-2-5-13(15(17)18)12(6-9)14-8-10-3-4-11(16)7-10/h2,5-6,10-11,14,16H,3-4,7-8H2,1H3. The summed E-state index contributed by atoms with van der Waals surface area (Å²) in [5.74, 6) is 0.403. The van der Waals surface area contributed by atoms with E-state index in [0.717, 1.165) is 24.8 Å². The average Bonchev–Trinajstić information content (AvgIpc) is 2.72. The summed E-state index contributed by atoms with van der Waals surface area (Å²) in [4.78, 5) is 10.5. The van der Waals surface area contributed by atoms with E-state index in [-0.39, 0.29) is 16.7 Å². The number of aliphatic hydroxyl groups is 1. The number of rotatable bonds is 4. The first-order chi connectivity index (χ1) is 8.56. The van der Waals surface area contributed by atoms with Crippen LogP contribution in [0.25, 0.3) is 0 Å². The zero-order valence-corrected chi connectivity index (χ0v) is 10.4. The molecule has 2 unspecified atom stereocenters. The van der Waals surface area contributed by atoms with Gasteiger partial charge in [0.2, 0.25) is 0 Å². The van der Waals surface area contributed by atoms with Crippen LogP contribution in [-0.2, 0) is 0 Å². The van der Waals surface area contributed by atoms with Crippen molar-refractivity contribution < 1.29 is 10.0 Å². The van der Waals surface area contributed by atoms with Crippen LogP contribution in [0.1, 0.15) is 24.8 Å². The number of nitrogens with zero attached hydrogens (tertiary/aromatic N) is 1. The molecule has 0 amide bonds. The first-order valence-electron chi connectivity index (χ1n) is 6.23. The van der Waals surface area contributed by atoms with Gasteiger partial charge >= 0.3 is 0 Å². The number of hydrogen-bond acceptors (Lipinski definition) is 4. The molecule has 0 saturated heterocycles. The first-order valence-corrected chi connectivity index (χ1v) is 6.23. The Morgan fingerprint density at radius 3 is 2.89 bits per heavy atom. The highest BCUT2D eigenvalue weighted by Crippen LogP contribution is 2.29. The van der Waals surface area contributed by atoms with Crippen LogP contribution in [0.2, 0.25) is 0 Å². The van der Waals surface area contributed by atoms with Gasteiger partial charge in [0.15, 0.2) is 0 Å². The number of benzene rings is 1. The predicted octanol–water partition coefficient (Wildman–Crippen LogP) is 2.48. The van der Waals surface area contributed by atoms with Crippen molar-refractivity contribution in [2.24, 2.45) is 5.92 Å². The lowest BCUT2D eigenvalue weighted by atomic mass is 10.1. The Balaban J connectivity index is 2.04. The maximum absolute atomic E-state index is 10.9. The molecular formula is C13H18N2O3. The van der Waals surface area contributed by atoms with Gasteiger partial charge in [0.1, 0.15) is 5.69 Å². The molecule has 1 fully saturated rings. The SMILES string of the molecule is Cc1ccc([N+](=O)[O-])c(NCC2CCC(O)C2)c1. The molecule has 0 radical (unpaired) electrons. The van der Waals surface area contributed by atoms with Crippen molar-refractivity contribution >= 4 is 11.4 Å². The lowest BCUT2D eigenvalue weighted by Gasteiger charge is -2.12. The molecule has 1 aliphatic rings. The van der Waals surface area contributed by atoms with Crippen molar-refractivity contribution in [3.63, 3.8) is 0 Å². The summed E-state index contributed by atoms with van der Waals surface area (Å²) in [6.07, 6.45) is 2.40. The maximum atomic E-state index is 10.9. The van der Waals surface area contributed by atoms with E-state index in [4.69, 9.17) is 0 Å². The molecule has 1 aromatic rings. The van der Waals surface area contributed by atoms with Gasteiger partial charge in [-0.15, -0.1) is 0 Å². The highest BCUT2D eigenvalue weighted by molar-refractivity contribution is 5.62. The Hall–Kier alpha value is -1.62. The molecule has 1 saturated carbocycles. The van der Waals surface area contributed by atoms with Gasteiger partial charge in [0.05, 0.1) is 11.0 Å². The quantitative estimate of drug-likeness (QED) is 0.636. The highest BCUT2D eigenvalue weighted by Gasteiger charge is 2.23. The van der Waals surface area contributed by atoms with Gasteiger partial charge in [-0.2, -0.15) is 0 Å². The van der Waals surface area contributed by atoms with Crippen molar-refractivity contribution in [3.8, 4) is 0 Å². The molecule has 1 aliphatic carbocycles. The van der Waals surface area contributed by atoms with Crippen LogP contribution < -0.4 is 5.32 Å². The molecule has 0 aliphatic heterocycles. The second-order valence-corrected chi connectivity index (χ2v) is 4.99. The third-order valence-electron chi connectivity index (χ3n) is 3.44. The van der Waals surface area contributed by atoms with E-state index in [9.17, 15) is 15.2 Å². The smallest absolute Gasteiger partial charge is 0.292 e. The molecule has 2 N–H and O–H groups in total. The van der Waals surface area contributed by atoms with Crippen LogP contribution in [0.15, 0.2) is 18.2 Å². The van der Waals surface area contributed by atoms with Crippen LogP contribution in [0, 0.1) is 23.0 Å². The fourth-order valence-electron chi connectivity index (χ4n) is 2.44. The van der Waals surface area contributed by atoms with E-state index >= 15 is 0 Å². The van der Waals surface area contributed by atoms with E-state index in [1.165, 1.54) is 6.07 Å². The summed E-state index contributed by atoms with van der Waals surface area (Å²) in [7, 11) is 0. The summed E-state index contributed by atoms with van der Waals surface area (Å²) < 4.78 is 0. The van der Waals surface area contributed by atoms with Crippen LogP contribution in [-0.4, -0.2) is 22.7 Å². The van der Waals surface area contributed by atoms with E-state index in [0.29, 0.717) is 18.2 Å². The molecule has 5 nitrogen and oxygen atoms in total. The summed E-state index contributed by atoms with van der Waals surface area (Å²) in [5, 5.41) is 23.5. The van der Waals surface area contributed by atoms with Gasteiger partial charge < -0.3 is 10.4 Å². The highest BCUT2D eigenvalue weighted by atomic mass is 16.6. The Labute approximate surface area is 106 Å². The number of hydrogen-bond donors (Lipinski definition) is 2. The minimum atomic E-state index is -0.370. The summed E-state index contributed by atoms with van der Waals surface area (Å²) in [6.45, 7) is 2.59. The van der Waals surface area contributed by atoms with E-state index in [1.807, 2.05) is 6.92 Å². The second-order valence-electron chi connectivity index (χ2n) is 4.99. The number of anilines is 1. The molecule has 98 valence electrons. The largest absolute Gasteiger partial charge is 0.393 e. The molecule has 0 bridgehead atoms. The molecule has 0 aromatic heterocycles. The Bertz CT molecular complexity index is 448. The number of nitro groups is 1. The third-order valence-corrected chi connectivity index (χ3v) is 3.44. The zero-order valence-electron chi connectivity index (χ0n) is 10.4. The minimum absolute atomic E-state index is 0.110. The van der Waals surface area contributed by atoms with Crippen molar-refractivity contribution in [2.45, 2.75) is 32.3 Å². The number of aliphatic hydroxyl groups excluding tert-OH is 1. The molecule has 5 heteroatoms. The number of nitro benzene ring substituents is 1. The van der Waals surface area contributed by atoms with Crippen molar-refractivity contribution in [1.29, 1.82) is 0 Å². The normalized spacial score (nSPS) is 23.0. The first kappa shape index (κ1) is 12.8. The molecule has 2 rings (SSSR count). The molecular weight excluding hydrogens is 232 g/mol. The van der Waals surface area contributed by atoms with E-state index in [2.05, 4.69) is 5.32 Å². The van der Waals surface area contributed by atoms with Gasteiger partial charge in [0, 0.05) is 12.6 Å². The molecule has 0 spiro atoms. The minimum Gasteiger partial charge on any atom is -0.393 e. The van der Waals surface area contributed by atoms with Gasteiger partial charge in [-0.1, -0.05) is 6.07 Å². The van der Waals surface area contributed by atoms with Crippen molar-refractivity contribution in [2.75, 3.05) is 11.9 Å². The zero-order chi connectivity index (χ0) is 13.1. The Morgan fingerprint density at radius 2 is 2.28 bits per heavy atom. The monoisotopic (exact) mass is 250 g/mol. The van der Waals surface area contributed by atoms with Crippen LogP contribution in [0.4, 0.5) is 11.4 Å². The lowest BCUT2D eigenvalue weighted by molar-refractivity contribution is -0.384. The van der Waals surface area contributed by atoms with Crippen LogP contribution >= 0.6 is 0 Å². The molecule has 18 heavy (non-hydrogen) atoms. The van der Waals surface area contributed by atoms with Crippen LogP contribution in [0.3, 0.4) is 0 Å². The van der Waals surface area contributed by atoms with E-state index in [1.54, 1.807) is 12.1 Å². The Morgan fingerprint density at radius 1 is 1.50 bits per heavy atom. The fraction of sp³-hybridized carbons (Fsp3) is 0.538. The third kappa shape index (κ3) is 2.98. The molecule has 0 heterocycles. The number of aryl methyl sites for hydroxylation is 1. The fourth-order valence-corrected chi connectivity index (χ4v) is 2.44. The van der Waals surface area contributed by atoms with Gasteiger partial charge in [0.25, 0.3) is 5.69 Å². The lowest BCUT2D eigenvalue weighted by Crippen LogP contribution is -2.13. The van der Waals surface area contributed by atoms with Crippen molar-refractivity contribution in [3.05, 3.63) is 33.9 Å².